The van der Waals surface area contributed by atoms with E-state index in [1.54, 1.807) is 19.1 Å². The molecule has 0 aliphatic heterocycles. The minimum atomic E-state index is -4.25. The summed E-state index contributed by atoms with van der Waals surface area (Å²) in [6.45, 7) is 5.66. The van der Waals surface area contributed by atoms with Crippen molar-refractivity contribution in [1.82, 2.24) is 5.32 Å². The highest BCUT2D eigenvalue weighted by molar-refractivity contribution is 5.32. The van der Waals surface area contributed by atoms with E-state index in [1.807, 2.05) is 13.8 Å². The van der Waals surface area contributed by atoms with Gasteiger partial charge in [-0.2, -0.15) is 13.2 Å². The topological polar surface area (TPSA) is 12.0 Å². The zero-order chi connectivity index (χ0) is 12.3. The van der Waals surface area contributed by atoms with Gasteiger partial charge in [0.25, 0.3) is 0 Å². The molecular formula is C12H16F3N. The van der Waals surface area contributed by atoms with Crippen LogP contribution in [0.25, 0.3) is 0 Å². The fraction of sp³-hybridized carbons (Fsp3) is 0.500. The summed E-state index contributed by atoms with van der Waals surface area (Å²) in [5, 5.41) is 2.46. The average Bonchev–Trinajstić information content (AvgIpc) is 2.17. The van der Waals surface area contributed by atoms with Crippen molar-refractivity contribution in [1.29, 1.82) is 0 Å². The Labute approximate surface area is 93.7 Å². The van der Waals surface area contributed by atoms with E-state index in [0.29, 0.717) is 0 Å². The van der Waals surface area contributed by atoms with Crippen LogP contribution in [0, 0.1) is 13.8 Å². The molecule has 0 radical (unpaired) electrons. The standard InChI is InChI=1S/C12H16F3N/c1-4-16-11(12(13,14)15)10-6-5-8(2)9(3)7-10/h5-7,11,16H,4H2,1-3H3. The lowest BCUT2D eigenvalue weighted by Crippen LogP contribution is -2.34. The van der Waals surface area contributed by atoms with E-state index < -0.39 is 12.2 Å². The quantitative estimate of drug-likeness (QED) is 0.839. The molecule has 0 spiro atoms. The minimum Gasteiger partial charge on any atom is -0.303 e. The summed E-state index contributed by atoms with van der Waals surface area (Å²) in [4.78, 5) is 0. The molecule has 0 saturated heterocycles. The average molecular weight is 231 g/mol. The summed E-state index contributed by atoms with van der Waals surface area (Å²) >= 11 is 0. The van der Waals surface area contributed by atoms with E-state index in [2.05, 4.69) is 5.32 Å². The highest BCUT2D eigenvalue weighted by atomic mass is 19.4. The molecule has 0 amide bonds. The van der Waals surface area contributed by atoms with Gasteiger partial charge in [0, 0.05) is 0 Å². The molecule has 0 heterocycles. The summed E-state index contributed by atoms with van der Waals surface area (Å²) in [5.41, 5.74) is 2.16. The van der Waals surface area contributed by atoms with Gasteiger partial charge in [-0.1, -0.05) is 25.1 Å². The van der Waals surface area contributed by atoms with Crippen molar-refractivity contribution in [2.24, 2.45) is 0 Å². The zero-order valence-electron chi connectivity index (χ0n) is 9.65. The van der Waals surface area contributed by atoms with Crippen LogP contribution in [-0.2, 0) is 0 Å². The lowest BCUT2D eigenvalue weighted by atomic mass is 10.0. The number of rotatable bonds is 3. The Hall–Kier alpha value is -1.03. The summed E-state index contributed by atoms with van der Waals surface area (Å²) < 4.78 is 38.3. The van der Waals surface area contributed by atoms with Gasteiger partial charge >= 0.3 is 6.18 Å². The molecule has 1 unspecified atom stereocenters. The third-order valence-electron chi connectivity index (χ3n) is 2.60. The van der Waals surface area contributed by atoms with Crippen LogP contribution in [-0.4, -0.2) is 12.7 Å². The van der Waals surface area contributed by atoms with Crippen molar-refractivity contribution in [3.63, 3.8) is 0 Å². The molecule has 4 heteroatoms. The van der Waals surface area contributed by atoms with Gasteiger partial charge in [0.1, 0.15) is 6.04 Å². The monoisotopic (exact) mass is 231 g/mol. The van der Waals surface area contributed by atoms with Gasteiger partial charge in [-0.15, -0.1) is 0 Å². The molecule has 1 rings (SSSR count). The maximum atomic E-state index is 12.8. The van der Waals surface area contributed by atoms with Gasteiger partial charge in [0.05, 0.1) is 0 Å². The zero-order valence-corrected chi connectivity index (χ0v) is 9.65. The van der Waals surface area contributed by atoms with E-state index in [1.165, 1.54) is 6.07 Å². The molecule has 0 aromatic heterocycles. The first kappa shape index (κ1) is 13.0. The number of halogens is 3. The van der Waals surface area contributed by atoms with Crippen LogP contribution in [0.5, 0.6) is 0 Å². The number of nitrogens with one attached hydrogen (secondary N) is 1. The third-order valence-corrected chi connectivity index (χ3v) is 2.60. The number of aryl methyl sites for hydroxylation is 2. The highest BCUT2D eigenvalue weighted by Crippen LogP contribution is 2.33. The molecule has 0 aliphatic carbocycles. The molecule has 0 bridgehead atoms. The fourth-order valence-electron chi connectivity index (χ4n) is 1.57. The molecule has 0 aliphatic rings. The van der Waals surface area contributed by atoms with E-state index in [0.717, 1.165) is 11.1 Å². The molecule has 0 saturated carbocycles. The summed E-state index contributed by atoms with van der Waals surface area (Å²) in [6, 6.07) is 3.27. The van der Waals surface area contributed by atoms with Gasteiger partial charge in [0.15, 0.2) is 0 Å². The molecule has 1 aromatic rings. The Bertz CT molecular complexity index is 358. The van der Waals surface area contributed by atoms with Crippen LogP contribution in [0.1, 0.15) is 29.7 Å². The van der Waals surface area contributed by atoms with Gasteiger partial charge in [-0.25, -0.2) is 0 Å². The van der Waals surface area contributed by atoms with Gasteiger partial charge in [-0.3, -0.25) is 0 Å². The Morgan fingerprint density at radius 1 is 1.19 bits per heavy atom. The molecular weight excluding hydrogens is 215 g/mol. The van der Waals surface area contributed by atoms with Crippen molar-refractivity contribution in [2.45, 2.75) is 33.0 Å². The first-order valence-corrected chi connectivity index (χ1v) is 5.23. The van der Waals surface area contributed by atoms with Crippen LogP contribution >= 0.6 is 0 Å². The predicted molar refractivity (Wildman–Crippen MR) is 58.4 cm³/mol. The number of hydrogen-bond acceptors (Lipinski definition) is 1. The van der Waals surface area contributed by atoms with Gasteiger partial charge in [0.2, 0.25) is 0 Å². The Morgan fingerprint density at radius 2 is 1.81 bits per heavy atom. The lowest BCUT2D eigenvalue weighted by molar-refractivity contribution is -0.157. The molecule has 0 fully saturated rings. The Balaban J connectivity index is 3.06. The molecule has 1 nitrogen and oxygen atoms in total. The first-order chi connectivity index (χ1) is 7.36. The molecule has 1 aromatic carbocycles. The number of benzene rings is 1. The second kappa shape index (κ2) is 4.87. The van der Waals surface area contributed by atoms with Crippen molar-refractivity contribution in [3.8, 4) is 0 Å². The maximum Gasteiger partial charge on any atom is 0.407 e. The van der Waals surface area contributed by atoms with E-state index in [-0.39, 0.29) is 12.1 Å². The summed E-state index contributed by atoms with van der Waals surface area (Å²) in [6.07, 6.45) is -4.25. The van der Waals surface area contributed by atoms with Crippen LogP contribution in [0.15, 0.2) is 18.2 Å². The normalized spacial score (nSPS) is 13.9. The summed E-state index contributed by atoms with van der Waals surface area (Å²) in [5.74, 6) is 0. The van der Waals surface area contributed by atoms with Crippen molar-refractivity contribution >= 4 is 0 Å². The van der Waals surface area contributed by atoms with Gasteiger partial charge < -0.3 is 5.32 Å². The Kier molecular flexibility index (Phi) is 3.97. The van der Waals surface area contributed by atoms with Crippen molar-refractivity contribution < 1.29 is 13.2 Å². The fourth-order valence-corrected chi connectivity index (χ4v) is 1.57. The third kappa shape index (κ3) is 2.98. The minimum absolute atomic E-state index is 0.275. The van der Waals surface area contributed by atoms with E-state index >= 15 is 0 Å². The molecule has 16 heavy (non-hydrogen) atoms. The van der Waals surface area contributed by atoms with Gasteiger partial charge in [-0.05, 0) is 37.1 Å². The Morgan fingerprint density at radius 3 is 2.25 bits per heavy atom. The largest absolute Gasteiger partial charge is 0.407 e. The van der Waals surface area contributed by atoms with Crippen LogP contribution in [0.3, 0.4) is 0 Å². The molecule has 1 atom stereocenters. The smallest absolute Gasteiger partial charge is 0.303 e. The van der Waals surface area contributed by atoms with Crippen molar-refractivity contribution in [2.75, 3.05) is 6.54 Å². The number of alkyl halides is 3. The van der Waals surface area contributed by atoms with E-state index in [9.17, 15) is 13.2 Å². The van der Waals surface area contributed by atoms with Crippen molar-refractivity contribution in [3.05, 3.63) is 34.9 Å². The SMILES string of the molecule is CCNC(c1ccc(C)c(C)c1)C(F)(F)F. The predicted octanol–water partition coefficient (Wildman–Crippen LogP) is 3.52. The lowest BCUT2D eigenvalue weighted by Gasteiger charge is -2.22. The molecule has 90 valence electrons. The maximum absolute atomic E-state index is 12.8. The van der Waals surface area contributed by atoms with Crippen LogP contribution < -0.4 is 5.32 Å². The first-order valence-electron chi connectivity index (χ1n) is 5.23. The van der Waals surface area contributed by atoms with Crippen LogP contribution in [0.4, 0.5) is 13.2 Å². The number of hydrogen-bond donors (Lipinski definition) is 1. The van der Waals surface area contributed by atoms with E-state index in [4.69, 9.17) is 0 Å². The highest BCUT2D eigenvalue weighted by Gasteiger charge is 2.40. The second-order valence-corrected chi connectivity index (χ2v) is 3.88. The molecule has 1 N–H and O–H groups in total. The van der Waals surface area contributed by atoms with Crippen LogP contribution in [0.2, 0.25) is 0 Å². The summed E-state index contributed by atoms with van der Waals surface area (Å²) in [7, 11) is 0. The second-order valence-electron chi connectivity index (χ2n) is 3.88.